The maximum absolute atomic E-state index is 13.9. The summed E-state index contributed by atoms with van der Waals surface area (Å²) in [5.41, 5.74) is 6.92. The summed E-state index contributed by atoms with van der Waals surface area (Å²) in [5.74, 6) is -3.47. The largest absolute Gasteiger partial charge is 0.478 e. The molecule has 0 saturated carbocycles. The molecule has 0 spiro atoms. The third-order valence-electron chi connectivity index (χ3n) is 9.93. The van der Waals surface area contributed by atoms with Gasteiger partial charge in [0.05, 0.1) is 18.2 Å². The quantitative estimate of drug-likeness (QED) is 0.0696. The number of primary amides is 1. The van der Waals surface area contributed by atoms with Crippen LogP contribution in [0, 0.1) is 0 Å². The number of aliphatic hydroxyl groups is 1. The van der Waals surface area contributed by atoms with E-state index in [4.69, 9.17) is 5.73 Å². The van der Waals surface area contributed by atoms with E-state index in [1.807, 2.05) is 97.1 Å². The molecule has 0 heterocycles. The van der Waals surface area contributed by atoms with Gasteiger partial charge in [-0.15, -0.1) is 0 Å². The van der Waals surface area contributed by atoms with Gasteiger partial charge in [-0.3, -0.25) is 19.2 Å². The first kappa shape index (κ1) is 41.6. The lowest BCUT2D eigenvalue weighted by Gasteiger charge is -2.41. The van der Waals surface area contributed by atoms with Crippen molar-refractivity contribution in [2.24, 2.45) is 5.73 Å². The Hall–Kier alpha value is -6.57. The second-order valence-electron chi connectivity index (χ2n) is 13.9. The lowest BCUT2D eigenvalue weighted by Crippen LogP contribution is -2.59. The SMILES string of the molecule is C[C@@H](NCc1ccccc1C(=O)O)C(=O)N[C@H](C)C(=O)NC1=CC(NC(c2ccccc2)(c2ccccc2)c2ccccc2)=CC[C@@]1(CO)NC(=O)CCC(N)=O. The van der Waals surface area contributed by atoms with Crippen molar-refractivity contribution in [1.82, 2.24) is 26.6 Å². The number of carbonyl (C=O) groups excluding carboxylic acids is 4. The fraction of sp³-hybridized carbons (Fsp3) is 0.250. The normalized spacial score (nSPS) is 16.2. The first-order valence-corrected chi connectivity index (χ1v) is 18.6. The lowest BCUT2D eigenvalue weighted by atomic mass is 9.76. The zero-order valence-corrected chi connectivity index (χ0v) is 31.8. The lowest BCUT2D eigenvalue weighted by molar-refractivity contribution is -0.129. The molecular formula is C44H48N6O7. The Bertz CT molecular complexity index is 2030. The number of hydrogen-bond donors (Lipinski definition) is 8. The molecule has 0 fully saturated rings. The topological polar surface area (TPSA) is 212 Å². The zero-order chi connectivity index (χ0) is 41.0. The molecule has 1 aliphatic carbocycles. The van der Waals surface area contributed by atoms with Gasteiger partial charge in [-0.2, -0.15) is 0 Å². The Labute approximate surface area is 331 Å². The van der Waals surface area contributed by atoms with Gasteiger partial charge in [-0.1, -0.05) is 115 Å². The number of carboxylic acids is 1. The van der Waals surface area contributed by atoms with Gasteiger partial charge in [-0.05, 0) is 54.7 Å². The number of nitrogens with one attached hydrogen (secondary N) is 5. The standard InChI is InChI=1S/C44H48N6O7/c1-29(46-27-31-14-12-13-21-36(31)42(56)57)40(54)47-30(2)41(55)48-37-26-35(24-25-43(37,28-51)50-39(53)23-22-38(45)52)49-44(32-15-6-3-7-16-32,33-17-8-4-9-18-33)34-19-10-5-11-20-34/h3-21,24,26,29-30,46,49,51H,22-23,25,27-28H2,1-2H3,(H2,45,52)(H,47,54)(H,48,55)(H,50,53)(H,56,57)/t29-,30-,43+/m1/s1. The summed E-state index contributed by atoms with van der Waals surface area (Å²) in [6, 6.07) is 34.2. The highest BCUT2D eigenvalue weighted by Crippen LogP contribution is 2.39. The van der Waals surface area contributed by atoms with Crippen LogP contribution in [-0.4, -0.2) is 64.0 Å². The van der Waals surface area contributed by atoms with E-state index in [0.29, 0.717) is 11.3 Å². The van der Waals surface area contributed by atoms with E-state index in [-0.39, 0.29) is 37.1 Å². The Kier molecular flexibility index (Phi) is 13.8. The number of amides is 4. The van der Waals surface area contributed by atoms with Gasteiger partial charge in [-0.25, -0.2) is 4.79 Å². The van der Waals surface area contributed by atoms with Crippen LogP contribution in [0.15, 0.2) is 139 Å². The van der Waals surface area contributed by atoms with Crippen molar-refractivity contribution < 1.29 is 34.2 Å². The summed E-state index contributed by atoms with van der Waals surface area (Å²) in [7, 11) is 0. The van der Waals surface area contributed by atoms with Gasteiger partial charge in [0.15, 0.2) is 0 Å². The number of hydrogen-bond acceptors (Lipinski definition) is 8. The molecule has 0 saturated heterocycles. The van der Waals surface area contributed by atoms with Gasteiger partial charge in [0.1, 0.15) is 17.1 Å². The molecule has 4 amide bonds. The van der Waals surface area contributed by atoms with Gasteiger partial charge in [0, 0.05) is 30.8 Å². The van der Waals surface area contributed by atoms with E-state index in [9.17, 15) is 34.2 Å². The van der Waals surface area contributed by atoms with Crippen LogP contribution in [0.2, 0.25) is 0 Å². The van der Waals surface area contributed by atoms with Gasteiger partial charge in [0.2, 0.25) is 23.6 Å². The Balaban J connectivity index is 1.45. The van der Waals surface area contributed by atoms with Crippen LogP contribution >= 0.6 is 0 Å². The summed E-state index contributed by atoms with van der Waals surface area (Å²) in [5, 5.41) is 35.5. The molecule has 296 valence electrons. The van der Waals surface area contributed by atoms with Crippen LogP contribution in [0.4, 0.5) is 0 Å². The maximum Gasteiger partial charge on any atom is 0.336 e. The van der Waals surface area contributed by atoms with Crippen LogP contribution in [0.3, 0.4) is 0 Å². The average Bonchev–Trinajstić information content (AvgIpc) is 3.23. The van der Waals surface area contributed by atoms with Gasteiger partial charge < -0.3 is 42.5 Å². The van der Waals surface area contributed by atoms with Crippen molar-refractivity contribution >= 4 is 29.6 Å². The highest BCUT2D eigenvalue weighted by Gasteiger charge is 2.41. The minimum absolute atomic E-state index is 0.0359. The molecule has 13 nitrogen and oxygen atoms in total. The number of carbonyl (C=O) groups is 5. The maximum atomic E-state index is 13.9. The third-order valence-corrected chi connectivity index (χ3v) is 9.93. The van der Waals surface area contributed by atoms with Crippen LogP contribution in [0.1, 0.15) is 65.7 Å². The first-order valence-electron chi connectivity index (χ1n) is 18.6. The van der Waals surface area contributed by atoms with E-state index in [0.717, 1.165) is 16.7 Å². The molecule has 4 aromatic carbocycles. The number of rotatable bonds is 18. The molecule has 0 bridgehead atoms. The van der Waals surface area contributed by atoms with E-state index in [1.165, 1.54) is 13.0 Å². The van der Waals surface area contributed by atoms with Crippen molar-refractivity contribution in [3.05, 3.63) is 167 Å². The smallest absolute Gasteiger partial charge is 0.336 e. The molecule has 9 N–H and O–H groups in total. The van der Waals surface area contributed by atoms with Crippen molar-refractivity contribution in [3.63, 3.8) is 0 Å². The predicted molar refractivity (Wildman–Crippen MR) is 215 cm³/mol. The summed E-state index contributed by atoms with van der Waals surface area (Å²) >= 11 is 0. The number of benzene rings is 4. The van der Waals surface area contributed by atoms with Gasteiger partial charge in [0.25, 0.3) is 0 Å². The Morgan fingerprint density at radius 3 is 1.82 bits per heavy atom. The minimum atomic E-state index is -1.51. The van der Waals surface area contributed by atoms with Crippen LogP contribution < -0.4 is 32.3 Å². The van der Waals surface area contributed by atoms with E-state index in [1.54, 1.807) is 31.2 Å². The fourth-order valence-electron chi connectivity index (χ4n) is 6.74. The Morgan fingerprint density at radius 1 is 0.754 bits per heavy atom. The van der Waals surface area contributed by atoms with Crippen molar-refractivity contribution in [3.8, 4) is 0 Å². The minimum Gasteiger partial charge on any atom is -0.478 e. The fourth-order valence-corrected chi connectivity index (χ4v) is 6.74. The van der Waals surface area contributed by atoms with Gasteiger partial charge >= 0.3 is 5.97 Å². The highest BCUT2D eigenvalue weighted by atomic mass is 16.4. The molecule has 0 unspecified atom stereocenters. The molecule has 5 rings (SSSR count). The zero-order valence-electron chi connectivity index (χ0n) is 31.8. The van der Waals surface area contributed by atoms with Crippen molar-refractivity contribution in [2.75, 3.05) is 6.61 Å². The molecule has 0 radical (unpaired) electrons. The van der Waals surface area contributed by atoms with E-state index in [2.05, 4.69) is 26.6 Å². The number of aromatic carboxylic acids is 1. The summed E-state index contributed by atoms with van der Waals surface area (Å²) in [6.45, 7) is 2.56. The number of nitrogens with two attached hydrogens (primary N) is 1. The summed E-state index contributed by atoms with van der Waals surface area (Å²) < 4.78 is 0. The first-order chi connectivity index (χ1) is 27.4. The third kappa shape index (κ3) is 10.0. The molecule has 0 aliphatic heterocycles. The summed E-state index contributed by atoms with van der Waals surface area (Å²) in [6.07, 6.45) is 3.06. The molecule has 0 aromatic heterocycles. The molecule has 4 aromatic rings. The number of allylic oxidation sites excluding steroid dienone is 1. The monoisotopic (exact) mass is 772 g/mol. The van der Waals surface area contributed by atoms with E-state index < -0.39 is 59.4 Å². The second-order valence-corrected chi connectivity index (χ2v) is 13.9. The molecule has 1 aliphatic rings. The van der Waals surface area contributed by atoms with Crippen LogP contribution in [-0.2, 0) is 31.3 Å². The van der Waals surface area contributed by atoms with Crippen molar-refractivity contribution in [2.45, 2.75) is 62.8 Å². The second kappa shape index (κ2) is 18.8. The molecular weight excluding hydrogens is 725 g/mol. The summed E-state index contributed by atoms with van der Waals surface area (Å²) in [4.78, 5) is 63.4. The highest BCUT2D eigenvalue weighted by molar-refractivity contribution is 5.91. The average molecular weight is 773 g/mol. The van der Waals surface area contributed by atoms with Crippen LogP contribution in [0.5, 0.6) is 0 Å². The van der Waals surface area contributed by atoms with Crippen LogP contribution in [0.25, 0.3) is 0 Å². The number of aliphatic hydroxyl groups excluding tert-OH is 1. The number of carboxylic acid groups (broad SMARTS) is 1. The Morgan fingerprint density at radius 2 is 1.30 bits per heavy atom. The molecule has 13 heteroatoms. The molecule has 57 heavy (non-hydrogen) atoms. The predicted octanol–water partition coefficient (Wildman–Crippen LogP) is 3.35. The van der Waals surface area contributed by atoms with Crippen molar-refractivity contribution in [1.29, 1.82) is 0 Å². The molecule has 3 atom stereocenters. The van der Waals surface area contributed by atoms with E-state index >= 15 is 0 Å².